The van der Waals surface area contributed by atoms with Gasteiger partial charge in [-0.1, -0.05) is 18.2 Å². The van der Waals surface area contributed by atoms with E-state index in [0.29, 0.717) is 10.7 Å². The van der Waals surface area contributed by atoms with Crippen LogP contribution in [0.4, 0.5) is 0 Å². The molecule has 0 aliphatic carbocycles. The Kier molecular flexibility index (Phi) is 2.15. The summed E-state index contributed by atoms with van der Waals surface area (Å²) in [7, 11) is 0. The molecule has 0 aromatic carbocycles. The molecule has 2 nitrogen and oxygen atoms in total. The molecule has 0 radical (unpaired) electrons. The summed E-state index contributed by atoms with van der Waals surface area (Å²) in [5, 5.41) is 0.581. The number of nitrogens with two attached hydrogens (primary N) is 1. The minimum absolute atomic E-state index is 0.498. The molecule has 0 bridgehead atoms. The van der Waals surface area contributed by atoms with Gasteiger partial charge in [-0.2, -0.15) is 0 Å². The predicted molar refractivity (Wildman–Crippen MR) is 47.2 cm³/mol. The summed E-state index contributed by atoms with van der Waals surface area (Å²) < 4.78 is 0. The Morgan fingerprint density at radius 2 is 2.36 bits per heavy atom. The van der Waals surface area contributed by atoms with E-state index in [0.717, 1.165) is 11.3 Å². The van der Waals surface area contributed by atoms with Crippen LogP contribution in [0.1, 0.15) is 11.3 Å². The first-order chi connectivity index (χ1) is 5.11. The van der Waals surface area contributed by atoms with E-state index in [9.17, 15) is 0 Å². The van der Waals surface area contributed by atoms with E-state index >= 15 is 0 Å². The first kappa shape index (κ1) is 8.08. The van der Waals surface area contributed by atoms with Gasteiger partial charge in [0.1, 0.15) is 0 Å². The molecule has 0 saturated heterocycles. The van der Waals surface area contributed by atoms with Crippen molar-refractivity contribution in [3.8, 4) is 0 Å². The van der Waals surface area contributed by atoms with Crippen molar-refractivity contribution in [2.45, 2.75) is 6.92 Å². The van der Waals surface area contributed by atoms with Crippen molar-refractivity contribution in [1.29, 1.82) is 0 Å². The molecular formula is C8H9ClN2. The highest BCUT2D eigenvalue weighted by molar-refractivity contribution is 6.30. The number of aryl methyl sites for hydroxylation is 1. The van der Waals surface area contributed by atoms with Crippen molar-refractivity contribution >= 4 is 17.3 Å². The van der Waals surface area contributed by atoms with Gasteiger partial charge in [0.25, 0.3) is 0 Å². The van der Waals surface area contributed by atoms with Gasteiger partial charge in [0.15, 0.2) is 0 Å². The number of halogens is 1. The zero-order valence-electron chi connectivity index (χ0n) is 6.26. The van der Waals surface area contributed by atoms with Crippen molar-refractivity contribution in [2.24, 2.45) is 5.73 Å². The van der Waals surface area contributed by atoms with Gasteiger partial charge in [-0.3, -0.25) is 4.98 Å². The number of rotatable bonds is 1. The van der Waals surface area contributed by atoms with Gasteiger partial charge in [-0.05, 0) is 13.0 Å². The Morgan fingerprint density at radius 3 is 2.82 bits per heavy atom. The van der Waals surface area contributed by atoms with Gasteiger partial charge in [-0.15, -0.1) is 0 Å². The maximum Gasteiger partial charge on any atom is 0.0596 e. The molecule has 0 aliphatic heterocycles. The van der Waals surface area contributed by atoms with Gasteiger partial charge < -0.3 is 5.73 Å². The standard InChI is InChI=1S/C8H9ClN2/c1-5(10)8-3-7(9)4-11-6(8)2/h3-4H,1,10H2,2H3. The second-order valence-corrected chi connectivity index (χ2v) is 2.75. The van der Waals surface area contributed by atoms with E-state index in [2.05, 4.69) is 11.6 Å². The van der Waals surface area contributed by atoms with Crippen LogP contribution in [0.25, 0.3) is 5.70 Å². The second-order valence-electron chi connectivity index (χ2n) is 2.31. The summed E-state index contributed by atoms with van der Waals surface area (Å²) in [6.45, 7) is 5.47. The maximum atomic E-state index is 5.70. The van der Waals surface area contributed by atoms with Gasteiger partial charge in [0, 0.05) is 23.2 Å². The van der Waals surface area contributed by atoms with Crippen LogP contribution in [-0.4, -0.2) is 4.98 Å². The van der Waals surface area contributed by atoms with Gasteiger partial charge >= 0.3 is 0 Å². The molecule has 0 amide bonds. The van der Waals surface area contributed by atoms with E-state index in [1.165, 1.54) is 0 Å². The molecular weight excluding hydrogens is 160 g/mol. The molecule has 1 heterocycles. The monoisotopic (exact) mass is 168 g/mol. The lowest BCUT2D eigenvalue weighted by atomic mass is 10.2. The molecule has 11 heavy (non-hydrogen) atoms. The summed E-state index contributed by atoms with van der Waals surface area (Å²) >= 11 is 5.70. The number of pyridine rings is 1. The minimum Gasteiger partial charge on any atom is -0.399 e. The topological polar surface area (TPSA) is 38.9 Å². The molecule has 0 aliphatic rings. The highest BCUT2D eigenvalue weighted by Gasteiger charge is 2.00. The van der Waals surface area contributed by atoms with Crippen molar-refractivity contribution in [3.63, 3.8) is 0 Å². The fourth-order valence-corrected chi connectivity index (χ4v) is 0.991. The van der Waals surface area contributed by atoms with Crippen molar-refractivity contribution in [3.05, 3.63) is 35.1 Å². The zero-order chi connectivity index (χ0) is 8.43. The molecule has 0 spiro atoms. The summed E-state index contributed by atoms with van der Waals surface area (Å²) in [4.78, 5) is 4.03. The third-order valence-corrected chi connectivity index (χ3v) is 1.61. The van der Waals surface area contributed by atoms with Crippen LogP contribution < -0.4 is 5.73 Å². The van der Waals surface area contributed by atoms with Crippen molar-refractivity contribution < 1.29 is 0 Å². The average Bonchev–Trinajstić information content (AvgIpc) is 1.94. The van der Waals surface area contributed by atoms with Crippen molar-refractivity contribution in [1.82, 2.24) is 4.98 Å². The molecule has 0 fully saturated rings. The lowest BCUT2D eigenvalue weighted by Crippen LogP contribution is -1.98. The summed E-state index contributed by atoms with van der Waals surface area (Å²) in [5.74, 6) is 0. The number of hydrogen-bond acceptors (Lipinski definition) is 2. The summed E-state index contributed by atoms with van der Waals surface area (Å²) in [6, 6.07) is 1.76. The van der Waals surface area contributed by atoms with Gasteiger partial charge in [0.05, 0.1) is 5.02 Å². The zero-order valence-corrected chi connectivity index (χ0v) is 7.02. The van der Waals surface area contributed by atoms with E-state index in [-0.39, 0.29) is 0 Å². The Labute approximate surface area is 70.7 Å². The Balaban J connectivity index is 3.23. The molecule has 3 heteroatoms. The quantitative estimate of drug-likeness (QED) is 0.697. The first-order valence-corrected chi connectivity index (χ1v) is 3.56. The number of aromatic nitrogens is 1. The van der Waals surface area contributed by atoms with Crippen LogP contribution in [-0.2, 0) is 0 Å². The normalized spacial score (nSPS) is 9.64. The minimum atomic E-state index is 0.498. The summed E-state index contributed by atoms with van der Waals surface area (Å²) in [6.07, 6.45) is 1.59. The fourth-order valence-electron chi connectivity index (χ4n) is 0.833. The van der Waals surface area contributed by atoms with E-state index < -0.39 is 0 Å². The molecule has 58 valence electrons. The molecule has 1 aromatic heterocycles. The molecule has 0 saturated carbocycles. The average molecular weight is 169 g/mol. The second kappa shape index (κ2) is 2.93. The lowest BCUT2D eigenvalue weighted by molar-refractivity contribution is 1.18. The molecule has 0 unspecified atom stereocenters. The van der Waals surface area contributed by atoms with E-state index in [1.807, 2.05) is 6.92 Å². The van der Waals surface area contributed by atoms with Crippen LogP contribution in [0.5, 0.6) is 0 Å². The Morgan fingerprint density at radius 1 is 1.73 bits per heavy atom. The molecule has 2 N–H and O–H groups in total. The van der Waals surface area contributed by atoms with Gasteiger partial charge in [0.2, 0.25) is 0 Å². The van der Waals surface area contributed by atoms with Crippen LogP contribution in [0, 0.1) is 6.92 Å². The SMILES string of the molecule is C=C(N)c1cc(Cl)cnc1C. The highest BCUT2D eigenvalue weighted by atomic mass is 35.5. The van der Waals surface area contributed by atoms with E-state index in [4.69, 9.17) is 17.3 Å². The Hall–Kier alpha value is -1.02. The number of nitrogens with zero attached hydrogens (tertiary/aromatic N) is 1. The molecule has 1 aromatic rings. The van der Waals surface area contributed by atoms with Gasteiger partial charge in [-0.25, -0.2) is 0 Å². The first-order valence-electron chi connectivity index (χ1n) is 3.18. The predicted octanol–water partition coefficient (Wildman–Crippen LogP) is 1.97. The maximum absolute atomic E-state index is 5.70. The van der Waals surface area contributed by atoms with Crippen LogP contribution in [0.15, 0.2) is 18.8 Å². The van der Waals surface area contributed by atoms with Crippen LogP contribution in [0.3, 0.4) is 0 Å². The molecule has 0 atom stereocenters. The fraction of sp³-hybridized carbons (Fsp3) is 0.125. The highest BCUT2D eigenvalue weighted by Crippen LogP contribution is 2.15. The van der Waals surface area contributed by atoms with Crippen LogP contribution >= 0.6 is 11.6 Å². The third-order valence-electron chi connectivity index (χ3n) is 1.40. The largest absolute Gasteiger partial charge is 0.399 e. The summed E-state index contributed by atoms with van der Waals surface area (Å²) in [5.41, 5.74) is 7.65. The third kappa shape index (κ3) is 1.71. The Bertz CT molecular complexity index is 294. The lowest BCUT2D eigenvalue weighted by Gasteiger charge is -2.02. The number of hydrogen-bond donors (Lipinski definition) is 1. The van der Waals surface area contributed by atoms with E-state index in [1.54, 1.807) is 12.3 Å². The molecule has 1 rings (SSSR count). The van der Waals surface area contributed by atoms with Crippen LogP contribution in [0.2, 0.25) is 5.02 Å². The van der Waals surface area contributed by atoms with Crippen molar-refractivity contribution in [2.75, 3.05) is 0 Å². The smallest absolute Gasteiger partial charge is 0.0596 e.